The molecule has 0 spiro atoms. The van der Waals surface area contributed by atoms with Crippen LogP contribution in [0.5, 0.6) is 0 Å². The highest BCUT2D eigenvalue weighted by molar-refractivity contribution is 6.34. The third-order valence-corrected chi connectivity index (χ3v) is 6.78. The van der Waals surface area contributed by atoms with Crippen LogP contribution >= 0.6 is 11.6 Å². The van der Waals surface area contributed by atoms with Gasteiger partial charge in [-0.2, -0.15) is 0 Å². The summed E-state index contributed by atoms with van der Waals surface area (Å²) in [5.74, 6) is 0.00708. The summed E-state index contributed by atoms with van der Waals surface area (Å²) < 4.78 is 0. The topological polar surface area (TPSA) is 73.0 Å². The van der Waals surface area contributed by atoms with Gasteiger partial charge in [-0.05, 0) is 43.9 Å². The van der Waals surface area contributed by atoms with E-state index in [0.29, 0.717) is 42.2 Å². The lowest BCUT2D eigenvalue weighted by molar-refractivity contribution is -0.134. The zero-order valence-electron chi connectivity index (χ0n) is 18.7. The van der Waals surface area contributed by atoms with Crippen molar-refractivity contribution in [2.45, 2.75) is 51.0 Å². The van der Waals surface area contributed by atoms with Crippen LogP contribution in [-0.4, -0.2) is 72.8 Å². The zero-order valence-corrected chi connectivity index (χ0v) is 19.5. The van der Waals surface area contributed by atoms with Crippen LogP contribution in [-0.2, 0) is 4.79 Å². The summed E-state index contributed by atoms with van der Waals surface area (Å²) in [5.41, 5.74) is 1.01. The molecule has 0 atom stereocenters. The Hall–Kier alpha value is -2.28. The maximum atomic E-state index is 12.9. The number of carbonyl (C=O) groups is 3. The second-order valence-electron chi connectivity index (χ2n) is 8.83. The molecule has 170 valence electrons. The summed E-state index contributed by atoms with van der Waals surface area (Å²) in [6.07, 6.45) is 6.92. The lowest BCUT2D eigenvalue weighted by atomic mass is 9.94. The van der Waals surface area contributed by atoms with E-state index in [1.807, 2.05) is 7.05 Å². The second kappa shape index (κ2) is 10.4. The van der Waals surface area contributed by atoms with E-state index in [1.165, 1.54) is 6.42 Å². The van der Waals surface area contributed by atoms with E-state index in [4.69, 9.17) is 11.6 Å². The summed E-state index contributed by atoms with van der Waals surface area (Å²) in [5, 5.41) is 3.19. The average Bonchev–Trinajstić information content (AvgIpc) is 2.78. The van der Waals surface area contributed by atoms with Gasteiger partial charge in [0.05, 0.1) is 10.6 Å². The van der Waals surface area contributed by atoms with Crippen LogP contribution < -0.4 is 5.32 Å². The summed E-state index contributed by atoms with van der Waals surface area (Å²) in [4.78, 5) is 42.7. The van der Waals surface area contributed by atoms with E-state index in [1.54, 1.807) is 47.0 Å². The first-order valence-electron chi connectivity index (χ1n) is 11.1. The minimum absolute atomic E-state index is 0.0278. The normalized spacial score (nSPS) is 17.9. The highest BCUT2D eigenvalue weighted by atomic mass is 35.5. The molecule has 2 fully saturated rings. The van der Waals surface area contributed by atoms with Gasteiger partial charge in [-0.15, -0.1) is 0 Å². The number of nitrogens with one attached hydrogen (secondary N) is 1. The Bertz CT molecular complexity index is 815. The van der Waals surface area contributed by atoms with Crippen molar-refractivity contribution < 1.29 is 14.4 Å². The van der Waals surface area contributed by atoms with E-state index in [0.717, 1.165) is 25.7 Å². The predicted molar refractivity (Wildman–Crippen MR) is 122 cm³/mol. The Morgan fingerprint density at radius 1 is 1.00 bits per heavy atom. The van der Waals surface area contributed by atoms with Gasteiger partial charge in [0.25, 0.3) is 5.91 Å². The molecule has 1 saturated carbocycles. The van der Waals surface area contributed by atoms with Crippen LogP contribution in [0.25, 0.3) is 0 Å². The largest absolute Gasteiger partial charge is 0.349 e. The molecule has 0 unspecified atom stereocenters. The van der Waals surface area contributed by atoms with Crippen molar-refractivity contribution in [1.82, 2.24) is 14.7 Å². The SMILES string of the molecule is CN(C)C(=O)C1CCN(C(=O)Nc2ccc(C(=O)N(C)C3CCCCC3)c(Cl)c2)CC1. The van der Waals surface area contributed by atoms with Gasteiger partial charge < -0.3 is 20.0 Å². The third kappa shape index (κ3) is 5.70. The molecule has 1 heterocycles. The van der Waals surface area contributed by atoms with E-state index in [2.05, 4.69) is 5.32 Å². The minimum atomic E-state index is -0.217. The van der Waals surface area contributed by atoms with Gasteiger partial charge in [0.15, 0.2) is 0 Å². The molecular weight excluding hydrogens is 416 g/mol. The molecule has 31 heavy (non-hydrogen) atoms. The summed E-state index contributed by atoms with van der Waals surface area (Å²) in [7, 11) is 5.36. The molecule has 1 aromatic rings. The quantitative estimate of drug-likeness (QED) is 0.754. The number of likely N-dealkylation sites (tertiary alicyclic amines) is 1. The molecule has 0 bridgehead atoms. The molecule has 7 nitrogen and oxygen atoms in total. The molecule has 8 heteroatoms. The number of hydrogen-bond donors (Lipinski definition) is 1. The van der Waals surface area contributed by atoms with Crippen LogP contribution in [0.2, 0.25) is 5.02 Å². The van der Waals surface area contributed by atoms with Crippen LogP contribution in [0.1, 0.15) is 55.3 Å². The smallest absolute Gasteiger partial charge is 0.321 e. The molecule has 2 aliphatic rings. The Morgan fingerprint density at radius 2 is 1.65 bits per heavy atom. The Morgan fingerprint density at radius 3 is 2.23 bits per heavy atom. The number of hydrogen-bond acceptors (Lipinski definition) is 3. The molecule has 1 N–H and O–H groups in total. The standard InChI is InChI=1S/C23H33ClN4O3/c1-26(2)21(29)16-11-13-28(14-12-16)23(31)25-17-9-10-19(20(24)15-17)22(30)27(3)18-7-5-4-6-8-18/h9-10,15-16,18H,4-8,11-14H2,1-3H3,(H,25,31). The molecule has 3 rings (SSSR count). The first-order valence-corrected chi connectivity index (χ1v) is 11.5. The number of amides is 4. The average molecular weight is 449 g/mol. The van der Waals surface area contributed by atoms with E-state index >= 15 is 0 Å². The lowest BCUT2D eigenvalue weighted by Crippen LogP contribution is -2.44. The van der Waals surface area contributed by atoms with Gasteiger partial charge in [-0.3, -0.25) is 9.59 Å². The van der Waals surface area contributed by atoms with Gasteiger partial charge in [0.2, 0.25) is 5.91 Å². The summed E-state index contributed by atoms with van der Waals surface area (Å²) in [6.45, 7) is 1.07. The molecule has 1 aromatic carbocycles. The van der Waals surface area contributed by atoms with Crippen molar-refractivity contribution in [2.24, 2.45) is 5.92 Å². The number of piperidine rings is 1. The molecule has 1 saturated heterocycles. The molecule has 0 radical (unpaired) electrons. The van der Waals surface area contributed by atoms with Crippen LogP contribution in [0.3, 0.4) is 0 Å². The van der Waals surface area contributed by atoms with Crippen LogP contribution in [0.15, 0.2) is 18.2 Å². The molecule has 1 aliphatic carbocycles. The molecular formula is C23H33ClN4O3. The molecule has 4 amide bonds. The number of nitrogens with zero attached hydrogens (tertiary/aromatic N) is 3. The van der Waals surface area contributed by atoms with Crippen molar-refractivity contribution in [3.8, 4) is 0 Å². The van der Waals surface area contributed by atoms with Crippen LogP contribution in [0.4, 0.5) is 10.5 Å². The maximum Gasteiger partial charge on any atom is 0.321 e. The predicted octanol–water partition coefficient (Wildman–Crippen LogP) is 4.08. The molecule has 1 aliphatic heterocycles. The summed E-state index contributed by atoms with van der Waals surface area (Å²) in [6, 6.07) is 5.07. The van der Waals surface area contributed by atoms with E-state index in [9.17, 15) is 14.4 Å². The van der Waals surface area contributed by atoms with Crippen molar-refractivity contribution in [1.29, 1.82) is 0 Å². The Balaban J connectivity index is 1.57. The van der Waals surface area contributed by atoms with E-state index in [-0.39, 0.29) is 29.8 Å². The lowest BCUT2D eigenvalue weighted by Gasteiger charge is -2.32. The minimum Gasteiger partial charge on any atom is -0.349 e. The Kier molecular flexibility index (Phi) is 7.81. The first kappa shape index (κ1) is 23.4. The summed E-state index contributed by atoms with van der Waals surface area (Å²) >= 11 is 6.41. The van der Waals surface area contributed by atoms with Gasteiger partial charge >= 0.3 is 6.03 Å². The third-order valence-electron chi connectivity index (χ3n) is 6.47. The number of halogens is 1. The van der Waals surface area contributed by atoms with Gasteiger partial charge in [-0.1, -0.05) is 30.9 Å². The van der Waals surface area contributed by atoms with Gasteiger partial charge in [0, 0.05) is 51.9 Å². The van der Waals surface area contributed by atoms with Crippen molar-refractivity contribution in [3.63, 3.8) is 0 Å². The van der Waals surface area contributed by atoms with Gasteiger partial charge in [0.1, 0.15) is 0 Å². The highest BCUT2D eigenvalue weighted by Crippen LogP contribution is 2.27. The van der Waals surface area contributed by atoms with Crippen molar-refractivity contribution in [3.05, 3.63) is 28.8 Å². The first-order chi connectivity index (χ1) is 14.8. The van der Waals surface area contributed by atoms with Gasteiger partial charge in [-0.25, -0.2) is 4.79 Å². The van der Waals surface area contributed by atoms with Crippen LogP contribution in [0, 0.1) is 5.92 Å². The van der Waals surface area contributed by atoms with E-state index < -0.39 is 0 Å². The molecule has 0 aromatic heterocycles. The number of anilines is 1. The van der Waals surface area contributed by atoms with Crippen molar-refractivity contribution in [2.75, 3.05) is 39.5 Å². The fourth-order valence-electron chi connectivity index (χ4n) is 4.49. The monoisotopic (exact) mass is 448 g/mol. The fraction of sp³-hybridized carbons (Fsp3) is 0.609. The number of carbonyl (C=O) groups excluding carboxylic acids is 3. The second-order valence-corrected chi connectivity index (χ2v) is 9.23. The maximum absolute atomic E-state index is 12.9. The number of urea groups is 1. The fourth-order valence-corrected chi connectivity index (χ4v) is 4.75. The number of benzene rings is 1. The van der Waals surface area contributed by atoms with Crippen molar-refractivity contribution >= 4 is 35.1 Å². The Labute approximate surface area is 189 Å². The zero-order chi connectivity index (χ0) is 22.5. The number of rotatable bonds is 4. The highest BCUT2D eigenvalue weighted by Gasteiger charge is 2.28.